The topological polar surface area (TPSA) is 40.6 Å². The monoisotopic (exact) mass is 390 g/mol. The summed E-state index contributed by atoms with van der Waals surface area (Å²) in [6, 6.07) is 10.3. The number of anilines is 1. The van der Waals surface area contributed by atoms with Gasteiger partial charge in [-0.25, -0.2) is 0 Å². The first-order valence-electron chi connectivity index (χ1n) is 8.92. The highest BCUT2D eigenvalue weighted by atomic mass is 19.4. The van der Waals surface area contributed by atoms with E-state index in [0.29, 0.717) is 23.4 Å². The Kier molecular flexibility index (Phi) is 5.30. The number of benzene rings is 2. The molecule has 0 aliphatic carbocycles. The molecule has 1 heterocycles. The Labute approximate surface area is 161 Å². The minimum atomic E-state index is -4.37. The first-order chi connectivity index (χ1) is 13.1. The first kappa shape index (κ1) is 20.1. The van der Waals surface area contributed by atoms with Crippen LogP contribution in [0.3, 0.4) is 0 Å². The lowest BCUT2D eigenvalue weighted by atomic mass is 9.99. The van der Waals surface area contributed by atoms with Crippen LogP contribution in [0.2, 0.25) is 0 Å². The molecular formula is C21H21F3N2O2. The normalized spacial score (nSPS) is 14.4. The zero-order valence-electron chi connectivity index (χ0n) is 15.9. The summed E-state index contributed by atoms with van der Waals surface area (Å²) in [5, 5.41) is 0. The second-order valence-corrected chi connectivity index (χ2v) is 7.34. The maximum atomic E-state index is 12.7. The van der Waals surface area contributed by atoms with Crippen molar-refractivity contribution >= 4 is 17.4 Å². The number of Topliss-reactive ketones (excluding diaryl/α,β-unsaturated/α-hetero) is 1. The molecule has 0 N–H and O–H groups in total. The Hall–Kier alpha value is -2.67. The molecular weight excluding hydrogens is 369 g/mol. The fraction of sp³-hybridized carbons (Fsp3) is 0.333. The van der Waals surface area contributed by atoms with Gasteiger partial charge >= 0.3 is 12.1 Å². The number of fused-ring (bicyclic) bond motifs is 1. The average molecular weight is 390 g/mol. The number of halogens is 3. The van der Waals surface area contributed by atoms with Crippen LogP contribution in [0.1, 0.15) is 46.8 Å². The number of hydrogen-bond acceptors (Lipinski definition) is 3. The fourth-order valence-electron chi connectivity index (χ4n) is 3.22. The molecule has 0 unspecified atom stereocenters. The molecule has 148 valence electrons. The van der Waals surface area contributed by atoms with E-state index in [1.807, 2.05) is 19.9 Å². The molecule has 0 radical (unpaired) electrons. The van der Waals surface area contributed by atoms with Gasteiger partial charge in [-0.15, -0.1) is 0 Å². The lowest BCUT2D eigenvalue weighted by Gasteiger charge is -2.24. The number of ketones is 1. The maximum Gasteiger partial charge on any atom is 0.416 e. The molecule has 0 bridgehead atoms. The van der Waals surface area contributed by atoms with Crippen molar-refractivity contribution in [3.8, 4) is 0 Å². The van der Waals surface area contributed by atoms with Crippen molar-refractivity contribution in [3.63, 3.8) is 0 Å². The lowest BCUT2D eigenvalue weighted by Crippen LogP contribution is -2.38. The van der Waals surface area contributed by atoms with Crippen LogP contribution < -0.4 is 4.90 Å². The number of rotatable bonds is 5. The maximum absolute atomic E-state index is 12.7. The highest BCUT2D eigenvalue weighted by Crippen LogP contribution is 2.32. The number of carbonyl (C=O) groups excluding carboxylic acids is 2. The van der Waals surface area contributed by atoms with Gasteiger partial charge in [-0.3, -0.25) is 19.4 Å². The Bertz CT molecular complexity index is 905. The van der Waals surface area contributed by atoms with E-state index in [4.69, 9.17) is 0 Å². The van der Waals surface area contributed by atoms with Crippen molar-refractivity contribution in [2.75, 3.05) is 18.6 Å². The Morgan fingerprint density at radius 3 is 2.25 bits per heavy atom. The SMILES string of the molecule is CC(C)c1ccc2c(c1)C(=O)C(=O)N2CN(C)Cc1ccc(C(F)(F)F)cc1. The van der Waals surface area contributed by atoms with Gasteiger partial charge in [-0.2, -0.15) is 13.2 Å². The number of amides is 1. The molecule has 0 saturated carbocycles. The fourth-order valence-corrected chi connectivity index (χ4v) is 3.22. The van der Waals surface area contributed by atoms with E-state index < -0.39 is 23.4 Å². The Morgan fingerprint density at radius 1 is 1.04 bits per heavy atom. The molecule has 1 aliphatic heterocycles. The standard InChI is InChI=1S/C21H21F3N2O2/c1-13(2)15-6-9-18-17(10-15)19(27)20(28)26(18)12-25(3)11-14-4-7-16(8-5-14)21(22,23)24/h4-10,13H,11-12H2,1-3H3. The molecule has 2 aromatic carbocycles. The minimum Gasteiger partial charge on any atom is -0.291 e. The molecule has 0 fully saturated rings. The van der Waals surface area contributed by atoms with Gasteiger partial charge in [0.2, 0.25) is 0 Å². The van der Waals surface area contributed by atoms with Gasteiger partial charge in [0.05, 0.1) is 23.5 Å². The molecule has 3 rings (SSSR count). The molecule has 1 aliphatic rings. The van der Waals surface area contributed by atoms with E-state index in [2.05, 4.69) is 0 Å². The average Bonchev–Trinajstić information content (AvgIpc) is 2.86. The van der Waals surface area contributed by atoms with Gasteiger partial charge in [0.1, 0.15) is 0 Å². The predicted molar refractivity (Wildman–Crippen MR) is 100 cm³/mol. The molecule has 1 amide bonds. The number of alkyl halides is 3. The van der Waals surface area contributed by atoms with Crippen LogP contribution in [0, 0.1) is 0 Å². The van der Waals surface area contributed by atoms with Gasteiger partial charge in [0, 0.05) is 6.54 Å². The van der Waals surface area contributed by atoms with E-state index in [-0.39, 0.29) is 12.6 Å². The third-order valence-corrected chi connectivity index (χ3v) is 4.78. The quantitative estimate of drug-likeness (QED) is 0.709. The second-order valence-electron chi connectivity index (χ2n) is 7.34. The summed E-state index contributed by atoms with van der Waals surface area (Å²) in [7, 11) is 1.75. The third kappa shape index (κ3) is 3.94. The van der Waals surface area contributed by atoms with Crippen molar-refractivity contribution in [1.82, 2.24) is 4.90 Å². The van der Waals surface area contributed by atoms with Crippen LogP contribution in [-0.2, 0) is 17.5 Å². The van der Waals surface area contributed by atoms with Crippen molar-refractivity contribution in [1.29, 1.82) is 0 Å². The number of carbonyl (C=O) groups is 2. The minimum absolute atomic E-state index is 0.166. The van der Waals surface area contributed by atoms with Gasteiger partial charge in [-0.05, 0) is 48.4 Å². The zero-order chi connectivity index (χ0) is 20.6. The molecule has 28 heavy (non-hydrogen) atoms. The predicted octanol–water partition coefficient (Wildman–Crippen LogP) is 4.45. The Balaban J connectivity index is 1.73. The molecule has 0 atom stereocenters. The van der Waals surface area contributed by atoms with E-state index >= 15 is 0 Å². The summed E-state index contributed by atoms with van der Waals surface area (Å²) in [5.41, 5.74) is 1.94. The highest BCUT2D eigenvalue weighted by molar-refractivity contribution is 6.52. The van der Waals surface area contributed by atoms with E-state index in [9.17, 15) is 22.8 Å². The molecule has 0 saturated heterocycles. The summed E-state index contributed by atoms with van der Waals surface area (Å²) in [6.45, 7) is 4.53. The molecule has 0 spiro atoms. The van der Waals surface area contributed by atoms with E-state index in [1.54, 1.807) is 24.1 Å². The van der Waals surface area contributed by atoms with Crippen LogP contribution in [0.4, 0.5) is 18.9 Å². The lowest BCUT2D eigenvalue weighted by molar-refractivity contribution is -0.137. The van der Waals surface area contributed by atoms with Crippen LogP contribution in [-0.4, -0.2) is 30.3 Å². The molecule has 4 nitrogen and oxygen atoms in total. The second kappa shape index (κ2) is 7.39. The summed E-state index contributed by atoms with van der Waals surface area (Å²) in [4.78, 5) is 27.9. The van der Waals surface area contributed by atoms with Gasteiger partial charge in [0.15, 0.2) is 0 Å². The van der Waals surface area contributed by atoms with Crippen molar-refractivity contribution < 1.29 is 22.8 Å². The smallest absolute Gasteiger partial charge is 0.291 e. The largest absolute Gasteiger partial charge is 0.416 e. The van der Waals surface area contributed by atoms with Gasteiger partial charge in [0.25, 0.3) is 5.78 Å². The van der Waals surface area contributed by atoms with E-state index in [1.165, 1.54) is 17.0 Å². The molecule has 2 aromatic rings. The highest BCUT2D eigenvalue weighted by Gasteiger charge is 2.36. The van der Waals surface area contributed by atoms with Crippen molar-refractivity contribution in [3.05, 3.63) is 64.7 Å². The third-order valence-electron chi connectivity index (χ3n) is 4.78. The Morgan fingerprint density at radius 2 is 1.68 bits per heavy atom. The summed E-state index contributed by atoms with van der Waals surface area (Å²) in [5.74, 6) is -0.875. The van der Waals surface area contributed by atoms with Crippen LogP contribution >= 0.6 is 0 Å². The zero-order valence-corrected chi connectivity index (χ0v) is 15.9. The summed E-state index contributed by atoms with van der Waals surface area (Å²) < 4.78 is 38.0. The van der Waals surface area contributed by atoms with Crippen molar-refractivity contribution in [2.24, 2.45) is 0 Å². The van der Waals surface area contributed by atoms with Crippen LogP contribution in [0.15, 0.2) is 42.5 Å². The summed E-state index contributed by atoms with van der Waals surface area (Å²) in [6.07, 6.45) is -4.37. The molecule has 7 heteroatoms. The summed E-state index contributed by atoms with van der Waals surface area (Å²) >= 11 is 0. The first-order valence-corrected chi connectivity index (χ1v) is 8.92. The van der Waals surface area contributed by atoms with Crippen LogP contribution in [0.5, 0.6) is 0 Å². The van der Waals surface area contributed by atoms with Crippen LogP contribution in [0.25, 0.3) is 0 Å². The number of hydrogen-bond donors (Lipinski definition) is 0. The van der Waals surface area contributed by atoms with E-state index in [0.717, 1.165) is 17.7 Å². The van der Waals surface area contributed by atoms with Gasteiger partial charge in [-0.1, -0.05) is 32.0 Å². The molecule has 0 aromatic heterocycles. The van der Waals surface area contributed by atoms with Crippen molar-refractivity contribution in [2.45, 2.75) is 32.5 Å². The van der Waals surface area contributed by atoms with Gasteiger partial charge < -0.3 is 0 Å². The number of nitrogens with zero attached hydrogens (tertiary/aromatic N) is 2.